The summed E-state index contributed by atoms with van der Waals surface area (Å²) in [7, 11) is 0. The normalized spacial score (nSPS) is 18.9. The number of benzene rings is 1. The fourth-order valence-corrected chi connectivity index (χ4v) is 2.23. The maximum absolute atomic E-state index is 11.7. The van der Waals surface area contributed by atoms with Crippen LogP contribution in [0.4, 0.5) is 4.79 Å². The Morgan fingerprint density at radius 1 is 1.44 bits per heavy atom. The van der Waals surface area contributed by atoms with Crippen LogP contribution in [-0.2, 0) is 17.6 Å². The second-order valence-corrected chi connectivity index (χ2v) is 5.78. The van der Waals surface area contributed by atoms with Crippen LogP contribution in [-0.4, -0.2) is 17.7 Å². The van der Waals surface area contributed by atoms with Crippen LogP contribution in [0.3, 0.4) is 0 Å². The number of alkyl carbamates (subject to hydrolysis) is 1. The predicted molar refractivity (Wildman–Crippen MR) is 70.5 cm³/mol. The largest absolute Gasteiger partial charge is 0.444 e. The Balaban J connectivity index is 1.92. The lowest BCUT2D eigenvalue weighted by Crippen LogP contribution is -2.41. The highest BCUT2D eigenvalue weighted by atomic mass is 16.6. The van der Waals surface area contributed by atoms with Gasteiger partial charge in [-0.3, -0.25) is 0 Å². The first kappa shape index (κ1) is 12.9. The van der Waals surface area contributed by atoms with Crippen molar-refractivity contribution in [3.8, 4) is 0 Å². The van der Waals surface area contributed by atoms with E-state index in [9.17, 15) is 4.79 Å². The van der Waals surface area contributed by atoms with Gasteiger partial charge < -0.3 is 10.1 Å². The van der Waals surface area contributed by atoms with Crippen molar-refractivity contribution in [2.24, 2.45) is 0 Å². The van der Waals surface area contributed by atoms with Crippen LogP contribution in [0.25, 0.3) is 0 Å². The lowest BCUT2D eigenvalue weighted by atomic mass is 9.88. The van der Waals surface area contributed by atoms with Crippen molar-refractivity contribution in [2.45, 2.75) is 51.7 Å². The van der Waals surface area contributed by atoms with Gasteiger partial charge in [-0.15, -0.1) is 0 Å². The van der Waals surface area contributed by atoms with Gasteiger partial charge in [0, 0.05) is 6.04 Å². The van der Waals surface area contributed by atoms with E-state index in [0.29, 0.717) is 0 Å². The van der Waals surface area contributed by atoms with Gasteiger partial charge in [-0.05, 0) is 57.2 Å². The fourth-order valence-electron chi connectivity index (χ4n) is 2.23. The van der Waals surface area contributed by atoms with Crippen molar-refractivity contribution >= 4 is 6.09 Å². The molecule has 1 aliphatic carbocycles. The molecule has 3 heteroatoms. The number of rotatable bonds is 1. The summed E-state index contributed by atoms with van der Waals surface area (Å²) in [5.74, 6) is 0. The van der Waals surface area contributed by atoms with Gasteiger partial charge in [0.2, 0.25) is 0 Å². The zero-order chi connectivity index (χ0) is 13.2. The average Bonchev–Trinajstić information content (AvgIpc) is 2.26. The SMILES string of the molecule is CC(C)(C)OC(=O)NC1CCc2cc[c]cc2C1. The summed E-state index contributed by atoms with van der Waals surface area (Å²) in [4.78, 5) is 11.7. The van der Waals surface area contributed by atoms with Gasteiger partial charge in [0.15, 0.2) is 0 Å². The zero-order valence-electron chi connectivity index (χ0n) is 11.2. The molecule has 0 aliphatic heterocycles. The van der Waals surface area contributed by atoms with Crippen molar-refractivity contribution in [3.05, 3.63) is 35.4 Å². The van der Waals surface area contributed by atoms with Crippen LogP contribution in [0.2, 0.25) is 0 Å². The molecule has 0 spiro atoms. The minimum absolute atomic E-state index is 0.170. The predicted octanol–water partition coefficient (Wildman–Crippen LogP) is 2.87. The highest BCUT2D eigenvalue weighted by molar-refractivity contribution is 5.68. The smallest absolute Gasteiger partial charge is 0.407 e. The maximum Gasteiger partial charge on any atom is 0.407 e. The number of hydrogen-bond acceptors (Lipinski definition) is 2. The first-order valence-corrected chi connectivity index (χ1v) is 6.41. The molecule has 1 aromatic carbocycles. The second-order valence-electron chi connectivity index (χ2n) is 5.78. The molecular weight excluding hydrogens is 226 g/mol. The first-order chi connectivity index (χ1) is 8.44. The lowest BCUT2D eigenvalue weighted by Gasteiger charge is -2.27. The first-order valence-electron chi connectivity index (χ1n) is 6.41. The summed E-state index contributed by atoms with van der Waals surface area (Å²) in [5, 5.41) is 2.94. The second kappa shape index (κ2) is 5.01. The van der Waals surface area contributed by atoms with Crippen LogP contribution in [0, 0.1) is 6.07 Å². The molecule has 0 heterocycles. The lowest BCUT2D eigenvalue weighted by molar-refractivity contribution is 0.0500. The Morgan fingerprint density at radius 2 is 2.22 bits per heavy atom. The summed E-state index contributed by atoms with van der Waals surface area (Å²) in [6.07, 6.45) is 2.52. The van der Waals surface area contributed by atoms with Crippen LogP contribution in [0.15, 0.2) is 18.2 Å². The molecule has 97 valence electrons. The Bertz CT molecular complexity index is 434. The number of hydrogen-bond donors (Lipinski definition) is 1. The maximum atomic E-state index is 11.7. The van der Waals surface area contributed by atoms with Crippen LogP contribution >= 0.6 is 0 Å². The van der Waals surface area contributed by atoms with Gasteiger partial charge in [0.1, 0.15) is 5.60 Å². The molecule has 3 nitrogen and oxygen atoms in total. The summed E-state index contributed by atoms with van der Waals surface area (Å²) in [6, 6.07) is 9.33. The number of carbonyl (C=O) groups is 1. The molecule has 1 amide bonds. The number of carbonyl (C=O) groups excluding carboxylic acids is 1. The minimum Gasteiger partial charge on any atom is -0.444 e. The molecule has 0 saturated carbocycles. The number of amides is 1. The Morgan fingerprint density at radius 3 is 2.94 bits per heavy atom. The molecular formula is C15H20NO2. The van der Waals surface area contributed by atoms with E-state index in [1.165, 1.54) is 11.1 Å². The molecule has 1 N–H and O–H groups in total. The van der Waals surface area contributed by atoms with E-state index < -0.39 is 5.60 Å². The van der Waals surface area contributed by atoms with E-state index >= 15 is 0 Å². The molecule has 0 aromatic heterocycles. The molecule has 0 bridgehead atoms. The van der Waals surface area contributed by atoms with Crippen LogP contribution in [0.1, 0.15) is 38.3 Å². The van der Waals surface area contributed by atoms with E-state index in [2.05, 4.69) is 17.4 Å². The monoisotopic (exact) mass is 246 g/mol. The molecule has 1 aliphatic rings. The third-order valence-corrected chi connectivity index (χ3v) is 3.00. The molecule has 1 atom stereocenters. The van der Waals surface area contributed by atoms with Gasteiger partial charge >= 0.3 is 6.09 Å². The molecule has 0 saturated heterocycles. The average molecular weight is 246 g/mol. The van der Waals surface area contributed by atoms with E-state index in [-0.39, 0.29) is 12.1 Å². The Kier molecular flexibility index (Phi) is 3.60. The van der Waals surface area contributed by atoms with Gasteiger partial charge in [0.05, 0.1) is 0 Å². The van der Waals surface area contributed by atoms with E-state index in [4.69, 9.17) is 4.74 Å². The highest BCUT2D eigenvalue weighted by Crippen LogP contribution is 2.21. The third kappa shape index (κ3) is 3.49. The van der Waals surface area contributed by atoms with Gasteiger partial charge in [-0.2, -0.15) is 0 Å². The van der Waals surface area contributed by atoms with Gasteiger partial charge in [-0.1, -0.05) is 18.2 Å². The fraction of sp³-hybridized carbons (Fsp3) is 0.533. The third-order valence-electron chi connectivity index (χ3n) is 3.00. The van der Waals surface area contributed by atoms with E-state index in [1.54, 1.807) is 0 Å². The number of ether oxygens (including phenoxy) is 1. The molecule has 1 unspecified atom stereocenters. The van der Waals surface area contributed by atoms with E-state index in [0.717, 1.165) is 19.3 Å². The van der Waals surface area contributed by atoms with Crippen molar-refractivity contribution in [3.63, 3.8) is 0 Å². The molecule has 18 heavy (non-hydrogen) atoms. The van der Waals surface area contributed by atoms with Crippen molar-refractivity contribution < 1.29 is 9.53 Å². The standard InChI is InChI=1S/C15H20NO2/c1-15(2,3)18-14(17)16-13-9-8-11-6-4-5-7-12(11)10-13/h4,6-7,13H,8-10H2,1-3H3,(H,16,17). The number of aryl methyl sites for hydroxylation is 1. The summed E-state index contributed by atoms with van der Waals surface area (Å²) >= 11 is 0. The Labute approximate surface area is 109 Å². The molecule has 0 fully saturated rings. The minimum atomic E-state index is -0.440. The summed E-state index contributed by atoms with van der Waals surface area (Å²) < 4.78 is 5.27. The quantitative estimate of drug-likeness (QED) is 0.827. The molecule has 1 aromatic rings. The summed E-state index contributed by atoms with van der Waals surface area (Å²) in [5.41, 5.74) is 2.21. The number of nitrogens with one attached hydrogen (secondary N) is 1. The van der Waals surface area contributed by atoms with Crippen molar-refractivity contribution in [1.29, 1.82) is 0 Å². The van der Waals surface area contributed by atoms with Crippen molar-refractivity contribution in [1.82, 2.24) is 5.32 Å². The highest BCUT2D eigenvalue weighted by Gasteiger charge is 2.22. The van der Waals surface area contributed by atoms with Crippen LogP contribution in [0.5, 0.6) is 0 Å². The van der Waals surface area contributed by atoms with Gasteiger partial charge in [-0.25, -0.2) is 4.79 Å². The van der Waals surface area contributed by atoms with Gasteiger partial charge in [0.25, 0.3) is 0 Å². The number of fused-ring (bicyclic) bond motifs is 1. The van der Waals surface area contributed by atoms with Crippen LogP contribution < -0.4 is 5.32 Å². The van der Waals surface area contributed by atoms with E-state index in [1.807, 2.05) is 32.9 Å². The Hall–Kier alpha value is -1.51. The topological polar surface area (TPSA) is 38.3 Å². The molecule has 1 radical (unpaired) electrons. The van der Waals surface area contributed by atoms with Crippen molar-refractivity contribution in [2.75, 3.05) is 0 Å². The summed E-state index contributed by atoms with van der Waals surface area (Å²) in [6.45, 7) is 5.62. The molecule has 2 rings (SSSR count). The zero-order valence-corrected chi connectivity index (χ0v) is 11.2.